The van der Waals surface area contributed by atoms with Gasteiger partial charge in [-0.3, -0.25) is 9.59 Å². The summed E-state index contributed by atoms with van der Waals surface area (Å²) >= 11 is 0. The average molecular weight is 290 g/mol. The molecule has 2 rings (SSSR count). The van der Waals surface area contributed by atoms with Crippen LogP contribution in [0.25, 0.3) is 0 Å². The summed E-state index contributed by atoms with van der Waals surface area (Å²) in [6.07, 6.45) is 8.93. The van der Waals surface area contributed by atoms with Gasteiger partial charge in [0.05, 0.1) is 6.61 Å². The van der Waals surface area contributed by atoms with Gasteiger partial charge < -0.3 is 9.84 Å². The highest BCUT2D eigenvalue weighted by Crippen LogP contribution is 2.48. The van der Waals surface area contributed by atoms with E-state index in [1.165, 1.54) is 0 Å². The molecule has 0 aromatic heterocycles. The smallest absolute Gasteiger partial charge is 0.198 e. The van der Waals surface area contributed by atoms with Crippen molar-refractivity contribution < 1.29 is 19.4 Å². The van der Waals surface area contributed by atoms with Crippen molar-refractivity contribution in [1.29, 1.82) is 0 Å². The van der Waals surface area contributed by atoms with Crippen molar-refractivity contribution in [2.75, 3.05) is 6.61 Å². The van der Waals surface area contributed by atoms with Gasteiger partial charge in [-0.2, -0.15) is 0 Å². The van der Waals surface area contributed by atoms with Crippen molar-refractivity contribution in [3.8, 4) is 0 Å². The number of ether oxygens (including phenoxy) is 1. The van der Waals surface area contributed by atoms with Gasteiger partial charge in [-0.1, -0.05) is 38.0 Å². The van der Waals surface area contributed by atoms with Crippen LogP contribution in [0.3, 0.4) is 0 Å². The summed E-state index contributed by atoms with van der Waals surface area (Å²) in [7, 11) is 0. The minimum absolute atomic E-state index is 0.175. The number of hydrogen-bond acceptors (Lipinski definition) is 4. The third-order valence-electron chi connectivity index (χ3n) is 4.05. The lowest BCUT2D eigenvalue weighted by Crippen LogP contribution is -2.38. The van der Waals surface area contributed by atoms with E-state index in [9.17, 15) is 14.7 Å². The number of epoxide rings is 1. The Morgan fingerprint density at radius 2 is 2.14 bits per heavy atom. The Kier molecular flexibility index (Phi) is 4.91. The molecule has 1 saturated heterocycles. The van der Waals surface area contributed by atoms with Gasteiger partial charge in [-0.25, -0.2) is 0 Å². The molecule has 1 heterocycles. The molecular formula is C17H22O4. The molecule has 0 spiro atoms. The molecule has 1 fully saturated rings. The predicted octanol–water partition coefficient (Wildman–Crippen LogP) is 2.28. The SMILES string of the molecule is C=CC[C@@]12O[C@H]1C(=O)C(CO)=C(/C=C/CCCCC)C2=O. The minimum atomic E-state index is -1.05. The van der Waals surface area contributed by atoms with Gasteiger partial charge in [0.25, 0.3) is 0 Å². The van der Waals surface area contributed by atoms with E-state index in [0.29, 0.717) is 12.0 Å². The number of carbonyl (C=O) groups excluding carboxylic acids is 2. The lowest BCUT2D eigenvalue weighted by atomic mass is 9.80. The maximum absolute atomic E-state index is 12.6. The number of Topliss-reactive ketones (excluding diaryl/α,β-unsaturated/α-hetero) is 2. The number of aliphatic hydroxyl groups is 1. The van der Waals surface area contributed by atoms with Gasteiger partial charge in [-0.05, 0) is 12.8 Å². The van der Waals surface area contributed by atoms with E-state index in [-0.39, 0.29) is 17.1 Å². The molecule has 0 unspecified atom stereocenters. The second kappa shape index (κ2) is 6.50. The van der Waals surface area contributed by atoms with E-state index in [4.69, 9.17) is 4.74 Å². The third kappa shape index (κ3) is 2.78. The molecule has 0 aromatic carbocycles. The molecule has 1 aliphatic heterocycles. The molecule has 0 saturated carbocycles. The Morgan fingerprint density at radius 3 is 2.76 bits per heavy atom. The van der Waals surface area contributed by atoms with Gasteiger partial charge in [0.1, 0.15) is 0 Å². The van der Waals surface area contributed by atoms with Crippen molar-refractivity contribution in [2.45, 2.75) is 50.7 Å². The molecule has 1 aliphatic carbocycles. The minimum Gasteiger partial charge on any atom is -0.392 e. The molecule has 0 aromatic rings. The van der Waals surface area contributed by atoms with Crippen LogP contribution in [0.15, 0.2) is 36.0 Å². The Bertz CT molecular complexity index is 515. The van der Waals surface area contributed by atoms with E-state index >= 15 is 0 Å². The summed E-state index contributed by atoms with van der Waals surface area (Å²) in [5, 5.41) is 9.40. The molecule has 4 nitrogen and oxygen atoms in total. The molecule has 0 bridgehead atoms. The molecule has 2 atom stereocenters. The van der Waals surface area contributed by atoms with Crippen molar-refractivity contribution in [3.05, 3.63) is 36.0 Å². The van der Waals surface area contributed by atoms with E-state index in [1.54, 1.807) is 12.2 Å². The standard InChI is InChI=1S/C17H22O4/c1-3-5-6-7-8-9-12-13(11-18)14(19)16-17(21-16,10-4-2)15(12)20/h4,8-9,16,18H,2-3,5-7,10-11H2,1H3/b9-8+/t16-,17-/m0/s1. The van der Waals surface area contributed by atoms with E-state index in [1.807, 2.05) is 6.08 Å². The van der Waals surface area contributed by atoms with Crippen LogP contribution in [0.1, 0.15) is 39.0 Å². The van der Waals surface area contributed by atoms with Gasteiger partial charge in [-0.15, -0.1) is 6.58 Å². The fraction of sp³-hybridized carbons (Fsp3) is 0.529. The molecule has 0 radical (unpaired) electrons. The van der Waals surface area contributed by atoms with Crippen LogP contribution in [-0.4, -0.2) is 35.0 Å². The maximum Gasteiger partial charge on any atom is 0.198 e. The summed E-state index contributed by atoms with van der Waals surface area (Å²) in [5.74, 6) is -0.477. The van der Waals surface area contributed by atoms with Crippen LogP contribution >= 0.6 is 0 Å². The zero-order chi connectivity index (χ0) is 15.5. The predicted molar refractivity (Wildman–Crippen MR) is 79.8 cm³/mol. The first kappa shape index (κ1) is 15.9. The summed E-state index contributed by atoms with van der Waals surface area (Å²) in [6.45, 7) is 5.32. The van der Waals surface area contributed by atoms with Crippen molar-refractivity contribution in [3.63, 3.8) is 0 Å². The van der Waals surface area contributed by atoms with Gasteiger partial charge >= 0.3 is 0 Å². The Hall–Kier alpha value is -1.52. The van der Waals surface area contributed by atoms with E-state index < -0.39 is 18.3 Å². The zero-order valence-corrected chi connectivity index (χ0v) is 12.4. The topological polar surface area (TPSA) is 66.9 Å². The van der Waals surface area contributed by atoms with E-state index in [2.05, 4.69) is 13.5 Å². The van der Waals surface area contributed by atoms with Gasteiger partial charge in [0.15, 0.2) is 23.3 Å². The monoisotopic (exact) mass is 290 g/mol. The van der Waals surface area contributed by atoms with Crippen LogP contribution < -0.4 is 0 Å². The van der Waals surface area contributed by atoms with Crippen molar-refractivity contribution in [2.24, 2.45) is 0 Å². The molecule has 114 valence electrons. The number of unbranched alkanes of at least 4 members (excludes halogenated alkanes) is 3. The zero-order valence-electron chi connectivity index (χ0n) is 12.4. The summed E-state index contributed by atoms with van der Waals surface area (Å²) in [6, 6.07) is 0. The molecule has 0 amide bonds. The fourth-order valence-electron chi connectivity index (χ4n) is 2.79. The lowest BCUT2D eigenvalue weighted by molar-refractivity contribution is -0.123. The molecule has 4 heteroatoms. The molecule has 21 heavy (non-hydrogen) atoms. The Morgan fingerprint density at radius 1 is 1.38 bits per heavy atom. The van der Waals surface area contributed by atoms with Gasteiger partial charge in [0, 0.05) is 17.6 Å². The molecule has 2 aliphatic rings. The summed E-state index contributed by atoms with van der Waals surface area (Å²) in [5.41, 5.74) is -0.579. The van der Waals surface area contributed by atoms with Crippen LogP contribution in [-0.2, 0) is 14.3 Å². The Labute approximate surface area is 125 Å². The summed E-state index contributed by atoms with van der Waals surface area (Å²) < 4.78 is 5.38. The molecule has 1 N–H and O–H groups in total. The Balaban J connectivity index is 2.20. The van der Waals surface area contributed by atoms with Gasteiger partial charge in [0.2, 0.25) is 0 Å². The quantitative estimate of drug-likeness (QED) is 0.423. The number of fused-ring (bicyclic) bond motifs is 1. The first-order valence-electron chi connectivity index (χ1n) is 7.50. The van der Waals surface area contributed by atoms with Crippen LogP contribution in [0.4, 0.5) is 0 Å². The number of rotatable bonds is 8. The number of aliphatic hydroxyl groups excluding tert-OH is 1. The summed E-state index contributed by atoms with van der Waals surface area (Å²) in [4.78, 5) is 24.8. The van der Waals surface area contributed by atoms with Crippen LogP contribution in [0.2, 0.25) is 0 Å². The number of hydrogen-bond donors (Lipinski definition) is 1. The third-order valence-corrected chi connectivity index (χ3v) is 4.05. The highest BCUT2D eigenvalue weighted by molar-refractivity contribution is 6.22. The first-order valence-corrected chi connectivity index (χ1v) is 7.50. The normalized spacial score (nSPS) is 28.2. The lowest BCUT2D eigenvalue weighted by Gasteiger charge is -2.18. The van der Waals surface area contributed by atoms with Crippen molar-refractivity contribution >= 4 is 11.6 Å². The van der Waals surface area contributed by atoms with E-state index in [0.717, 1.165) is 25.7 Å². The number of ketones is 2. The molecular weight excluding hydrogens is 268 g/mol. The first-order chi connectivity index (χ1) is 10.1. The van der Waals surface area contributed by atoms with Crippen LogP contribution in [0, 0.1) is 0 Å². The van der Waals surface area contributed by atoms with Crippen LogP contribution in [0.5, 0.6) is 0 Å². The fourth-order valence-corrected chi connectivity index (χ4v) is 2.79. The largest absolute Gasteiger partial charge is 0.392 e. The second-order valence-corrected chi connectivity index (χ2v) is 5.52. The number of allylic oxidation sites excluding steroid dienone is 2. The highest BCUT2D eigenvalue weighted by Gasteiger charge is 2.68. The number of carbonyl (C=O) groups is 2. The second-order valence-electron chi connectivity index (χ2n) is 5.52. The highest BCUT2D eigenvalue weighted by atomic mass is 16.6. The average Bonchev–Trinajstić information content (AvgIpc) is 3.20. The maximum atomic E-state index is 12.6. The van der Waals surface area contributed by atoms with Crippen molar-refractivity contribution in [1.82, 2.24) is 0 Å².